The van der Waals surface area contributed by atoms with E-state index >= 15 is 0 Å². The number of rotatable bonds is 3. The fraction of sp³-hybridized carbons (Fsp3) is 0.667. The highest BCUT2D eigenvalue weighted by Gasteiger charge is 2.34. The number of hydrogen-bond acceptors (Lipinski definition) is 7. The Labute approximate surface area is 115 Å². The van der Waals surface area contributed by atoms with Gasteiger partial charge in [0.05, 0.1) is 11.2 Å². The van der Waals surface area contributed by atoms with Crippen molar-refractivity contribution in [2.75, 3.05) is 0 Å². The number of aryl methyl sites for hydroxylation is 1. The van der Waals surface area contributed by atoms with Crippen LogP contribution in [0.5, 0.6) is 0 Å². The zero-order valence-corrected chi connectivity index (χ0v) is 11.7. The lowest BCUT2D eigenvalue weighted by molar-refractivity contribution is 0.275. The van der Waals surface area contributed by atoms with Crippen LogP contribution in [0.25, 0.3) is 10.8 Å². The van der Waals surface area contributed by atoms with E-state index in [1.807, 2.05) is 6.92 Å². The zero-order valence-electron chi connectivity index (χ0n) is 10.9. The van der Waals surface area contributed by atoms with Crippen molar-refractivity contribution in [3.63, 3.8) is 0 Å². The van der Waals surface area contributed by atoms with Gasteiger partial charge in [-0.25, -0.2) is 0 Å². The Kier molecular flexibility index (Phi) is 3.32. The number of hydrogen-bond donors (Lipinski definition) is 1. The summed E-state index contributed by atoms with van der Waals surface area (Å²) in [7, 11) is 0. The van der Waals surface area contributed by atoms with Crippen LogP contribution < -0.4 is 5.73 Å². The second-order valence-electron chi connectivity index (χ2n) is 5.04. The van der Waals surface area contributed by atoms with E-state index in [0.717, 1.165) is 42.7 Å². The van der Waals surface area contributed by atoms with E-state index in [4.69, 9.17) is 10.3 Å². The van der Waals surface area contributed by atoms with Crippen LogP contribution in [0.15, 0.2) is 4.52 Å². The Morgan fingerprint density at radius 3 is 2.84 bits per heavy atom. The van der Waals surface area contributed by atoms with Gasteiger partial charge >= 0.3 is 0 Å². The molecule has 0 atom stereocenters. The van der Waals surface area contributed by atoms with Crippen molar-refractivity contribution in [2.24, 2.45) is 5.73 Å². The van der Waals surface area contributed by atoms with Gasteiger partial charge in [0.15, 0.2) is 5.82 Å². The van der Waals surface area contributed by atoms with Crippen LogP contribution in [0.4, 0.5) is 0 Å². The lowest BCUT2D eigenvalue weighted by atomic mass is 9.82. The molecule has 2 aromatic rings. The second kappa shape index (κ2) is 4.97. The Morgan fingerprint density at radius 1 is 1.32 bits per heavy atom. The predicted molar refractivity (Wildman–Crippen MR) is 71.5 cm³/mol. The Bertz CT molecular complexity index is 558. The Balaban J connectivity index is 1.91. The maximum absolute atomic E-state index is 6.40. The van der Waals surface area contributed by atoms with Gasteiger partial charge in [0.25, 0.3) is 5.89 Å². The third-order valence-corrected chi connectivity index (χ3v) is 4.46. The van der Waals surface area contributed by atoms with Crippen LogP contribution in [0.2, 0.25) is 0 Å². The van der Waals surface area contributed by atoms with Gasteiger partial charge in [0, 0.05) is 0 Å². The molecule has 2 aromatic heterocycles. The van der Waals surface area contributed by atoms with Crippen molar-refractivity contribution in [1.29, 1.82) is 0 Å². The van der Waals surface area contributed by atoms with Crippen molar-refractivity contribution in [2.45, 2.75) is 51.0 Å². The van der Waals surface area contributed by atoms with E-state index in [9.17, 15) is 0 Å². The number of nitrogens with zero attached hydrogens (tertiary/aromatic N) is 4. The largest absolute Gasteiger partial charge is 0.333 e. The first-order chi connectivity index (χ1) is 9.23. The van der Waals surface area contributed by atoms with Gasteiger partial charge in [-0.2, -0.15) is 4.98 Å². The molecule has 102 valence electrons. The summed E-state index contributed by atoms with van der Waals surface area (Å²) >= 11 is 1.29. The SMILES string of the molecule is CCc1nnsc1-c1nc(C2(N)CCCCC2)no1. The van der Waals surface area contributed by atoms with Crippen molar-refractivity contribution in [3.8, 4) is 10.8 Å². The van der Waals surface area contributed by atoms with Crippen LogP contribution in [0, 0.1) is 0 Å². The van der Waals surface area contributed by atoms with Crippen LogP contribution in [0.3, 0.4) is 0 Å². The van der Waals surface area contributed by atoms with Gasteiger partial charge in [0.1, 0.15) is 4.88 Å². The molecule has 0 aromatic carbocycles. The van der Waals surface area contributed by atoms with Gasteiger partial charge in [0.2, 0.25) is 0 Å². The number of aromatic nitrogens is 4. The summed E-state index contributed by atoms with van der Waals surface area (Å²) in [5, 5.41) is 8.14. The van der Waals surface area contributed by atoms with E-state index < -0.39 is 5.54 Å². The summed E-state index contributed by atoms with van der Waals surface area (Å²) in [6, 6.07) is 0. The quantitative estimate of drug-likeness (QED) is 0.926. The molecule has 1 fully saturated rings. The normalized spacial score (nSPS) is 18.6. The standard InChI is InChI=1S/C12H17N5OS/c1-2-8-9(19-17-15-8)10-14-11(16-18-10)12(13)6-4-3-5-7-12/h2-7,13H2,1H3. The summed E-state index contributed by atoms with van der Waals surface area (Å²) in [6.07, 6.45) is 6.15. The van der Waals surface area contributed by atoms with Crippen LogP contribution >= 0.6 is 11.5 Å². The molecule has 0 amide bonds. The molecule has 1 aliphatic carbocycles. The second-order valence-corrected chi connectivity index (χ2v) is 5.80. The molecule has 0 saturated heterocycles. The van der Waals surface area contributed by atoms with E-state index in [1.54, 1.807) is 0 Å². The molecule has 7 heteroatoms. The smallest absolute Gasteiger partial charge is 0.271 e. The molecular weight excluding hydrogens is 262 g/mol. The highest BCUT2D eigenvalue weighted by Crippen LogP contribution is 2.34. The molecule has 19 heavy (non-hydrogen) atoms. The van der Waals surface area contributed by atoms with Crippen molar-refractivity contribution >= 4 is 11.5 Å². The van der Waals surface area contributed by atoms with E-state index in [-0.39, 0.29) is 0 Å². The molecule has 0 spiro atoms. The molecule has 2 N–H and O–H groups in total. The molecule has 6 nitrogen and oxygen atoms in total. The maximum Gasteiger partial charge on any atom is 0.271 e. The maximum atomic E-state index is 6.40. The van der Waals surface area contributed by atoms with Crippen LogP contribution in [0.1, 0.15) is 50.5 Å². The molecule has 2 heterocycles. The molecule has 0 bridgehead atoms. The molecule has 1 aliphatic rings. The van der Waals surface area contributed by atoms with Gasteiger partial charge in [-0.1, -0.05) is 35.8 Å². The summed E-state index contributed by atoms with van der Waals surface area (Å²) < 4.78 is 9.30. The lowest BCUT2D eigenvalue weighted by Gasteiger charge is -2.29. The summed E-state index contributed by atoms with van der Waals surface area (Å²) in [5.74, 6) is 1.12. The highest BCUT2D eigenvalue weighted by molar-refractivity contribution is 7.09. The Morgan fingerprint density at radius 2 is 2.11 bits per heavy atom. The van der Waals surface area contributed by atoms with Crippen molar-refractivity contribution < 1.29 is 4.52 Å². The third-order valence-electron chi connectivity index (χ3n) is 3.70. The minimum Gasteiger partial charge on any atom is -0.333 e. The summed E-state index contributed by atoms with van der Waals surface area (Å²) in [6.45, 7) is 2.03. The van der Waals surface area contributed by atoms with Gasteiger partial charge < -0.3 is 10.3 Å². The average molecular weight is 279 g/mol. The van der Waals surface area contributed by atoms with Crippen LogP contribution in [-0.4, -0.2) is 19.7 Å². The monoisotopic (exact) mass is 279 g/mol. The first-order valence-electron chi connectivity index (χ1n) is 6.67. The molecule has 0 radical (unpaired) electrons. The minimum atomic E-state index is -0.426. The molecular formula is C12H17N5OS. The lowest BCUT2D eigenvalue weighted by Crippen LogP contribution is -2.39. The summed E-state index contributed by atoms with van der Waals surface area (Å²) in [4.78, 5) is 5.35. The average Bonchev–Trinajstić information content (AvgIpc) is 3.08. The first kappa shape index (κ1) is 12.7. The zero-order chi connectivity index (χ0) is 13.3. The fourth-order valence-corrected chi connectivity index (χ4v) is 3.20. The first-order valence-corrected chi connectivity index (χ1v) is 7.45. The predicted octanol–water partition coefficient (Wildman–Crippen LogP) is 2.27. The third kappa shape index (κ3) is 2.28. The summed E-state index contributed by atoms with van der Waals surface area (Å²) in [5.41, 5.74) is 6.88. The van der Waals surface area contributed by atoms with E-state index in [0.29, 0.717) is 11.7 Å². The van der Waals surface area contributed by atoms with Gasteiger partial charge in [-0.15, -0.1) is 5.10 Å². The molecule has 0 aliphatic heterocycles. The van der Waals surface area contributed by atoms with E-state index in [1.165, 1.54) is 18.0 Å². The topological polar surface area (TPSA) is 90.7 Å². The molecule has 1 saturated carbocycles. The van der Waals surface area contributed by atoms with Crippen molar-refractivity contribution in [3.05, 3.63) is 11.5 Å². The van der Waals surface area contributed by atoms with Gasteiger partial charge in [-0.05, 0) is 30.8 Å². The number of nitrogens with two attached hydrogens (primary N) is 1. The van der Waals surface area contributed by atoms with Crippen LogP contribution in [-0.2, 0) is 12.0 Å². The molecule has 0 unspecified atom stereocenters. The van der Waals surface area contributed by atoms with Gasteiger partial charge in [-0.3, -0.25) is 0 Å². The Hall–Kier alpha value is -1.34. The highest BCUT2D eigenvalue weighted by atomic mass is 32.1. The minimum absolute atomic E-state index is 0.426. The fourth-order valence-electron chi connectivity index (χ4n) is 2.53. The molecule has 3 rings (SSSR count). The van der Waals surface area contributed by atoms with Crippen molar-refractivity contribution in [1.82, 2.24) is 19.7 Å². The van der Waals surface area contributed by atoms with E-state index in [2.05, 4.69) is 19.7 Å².